The monoisotopic (exact) mass is 712 g/mol. The number of halogens is 2. The van der Waals surface area contributed by atoms with E-state index in [0.29, 0.717) is 66.3 Å². The first-order valence-corrected chi connectivity index (χ1v) is 17.4. The average molecular weight is 714 g/mol. The smallest absolute Gasteiger partial charge is 0.335 e. The van der Waals surface area contributed by atoms with Crippen molar-refractivity contribution in [3.05, 3.63) is 92.0 Å². The zero-order chi connectivity index (χ0) is 35.6. The second kappa shape index (κ2) is 12.8. The number of carboxylic acids is 1. The van der Waals surface area contributed by atoms with E-state index in [2.05, 4.69) is 9.67 Å². The number of fused-ring (bicyclic) bond motifs is 4. The number of hydrogen-bond acceptors (Lipinski definition) is 5. The molecule has 0 spiro atoms. The Labute approximate surface area is 299 Å². The summed E-state index contributed by atoms with van der Waals surface area (Å²) in [5.41, 5.74) is 9.02. The van der Waals surface area contributed by atoms with Gasteiger partial charge in [-0.2, -0.15) is 10.2 Å². The van der Waals surface area contributed by atoms with Crippen molar-refractivity contribution < 1.29 is 19.4 Å². The lowest BCUT2D eigenvalue weighted by Gasteiger charge is -2.22. The van der Waals surface area contributed by atoms with Gasteiger partial charge in [0.2, 0.25) is 0 Å². The maximum atomic E-state index is 15.0. The number of carbonyl (C=O) groups excluding carboxylic acids is 1. The number of aromatic nitrogens is 5. The number of nitrogens with zero attached hydrogens (tertiary/aromatic N) is 6. The molecular formula is C38H38Cl2N6O4. The van der Waals surface area contributed by atoms with Crippen LogP contribution in [0.1, 0.15) is 61.8 Å². The van der Waals surface area contributed by atoms with Crippen molar-refractivity contribution in [3.8, 4) is 16.9 Å². The minimum absolute atomic E-state index is 0.0745. The van der Waals surface area contributed by atoms with Crippen molar-refractivity contribution >= 4 is 62.6 Å². The maximum absolute atomic E-state index is 15.0. The molecule has 3 aromatic carbocycles. The van der Waals surface area contributed by atoms with Gasteiger partial charge in [-0.1, -0.05) is 29.3 Å². The van der Waals surface area contributed by atoms with Crippen LogP contribution in [0.4, 0.5) is 5.69 Å². The summed E-state index contributed by atoms with van der Waals surface area (Å²) in [6.45, 7) is 9.31. The van der Waals surface area contributed by atoms with Gasteiger partial charge >= 0.3 is 5.97 Å². The molecule has 1 N–H and O–H groups in total. The number of anilines is 1. The molecule has 3 aromatic heterocycles. The van der Waals surface area contributed by atoms with Gasteiger partial charge in [0, 0.05) is 66.0 Å². The molecule has 0 bridgehead atoms. The Morgan fingerprint density at radius 1 is 0.960 bits per heavy atom. The quantitative estimate of drug-likeness (QED) is 0.159. The first-order valence-electron chi connectivity index (χ1n) is 16.6. The standard InChI is InChI=1S/C38H38Cl2N6O4/c1-20-15-25(16-21(2)34(20)40)50-14-7-9-26-27-10-11-29(39)33(32-22(3)41-44(6)23(32)4)35(27)46-13-8-12-45(37(47)36(26)46)31-18-24(38(48)49)17-30-28(31)19-43(5)42-30/h10-11,15-19H,7-9,12-14H2,1-6H3,(H,48,49). The summed E-state index contributed by atoms with van der Waals surface area (Å²) in [5.74, 6) is -0.529. The van der Waals surface area contributed by atoms with Crippen LogP contribution >= 0.6 is 23.2 Å². The molecule has 6 aromatic rings. The van der Waals surface area contributed by atoms with Crippen LogP contribution in [0, 0.1) is 27.7 Å². The molecule has 258 valence electrons. The van der Waals surface area contributed by atoms with E-state index in [0.717, 1.165) is 60.9 Å². The largest absolute Gasteiger partial charge is 0.494 e. The molecule has 1 aliphatic heterocycles. The highest BCUT2D eigenvalue weighted by molar-refractivity contribution is 6.35. The lowest BCUT2D eigenvalue weighted by Crippen LogP contribution is -2.32. The zero-order valence-electron chi connectivity index (χ0n) is 28.9. The fourth-order valence-corrected chi connectivity index (χ4v) is 7.79. The normalized spacial score (nSPS) is 13.4. The molecule has 0 saturated carbocycles. The van der Waals surface area contributed by atoms with Gasteiger partial charge in [-0.25, -0.2) is 4.79 Å². The van der Waals surface area contributed by atoms with Crippen LogP contribution in [0.15, 0.2) is 42.6 Å². The average Bonchev–Trinajstić information content (AvgIpc) is 3.64. The molecule has 12 heteroatoms. The molecule has 10 nitrogen and oxygen atoms in total. The van der Waals surface area contributed by atoms with E-state index in [-0.39, 0.29) is 11.5 Å². The predicted octanol–water partition coefficient (Wildman–Crippen LogP) is 8.23. The van der Waals surface area contributed by atoms with Crippen molar-refractivity contribution in [2.75, 3.05) is 18.1 Å². The number of aromatic carboxylic acids is 1. The van der Waals surface area contributed by atoms with E-state index in [4.69, 9.17) is 33.0 Å². The van der Waals surface area contributed by atoms with Crippen molar-refractivity contribution in [2.45, 2.75) is 53.5 Å². The molecule has 0 saturated heterocycles. The van der Waals surface area contributed by atoms with Gasteiger partial charge < -0.3 is 19.3 Å². The third kappa shape index (κ3) is 5.60. The number of ether oxygens (including phenoxy) is 1. The summed E-state index contributed by atoms with van der Waals surface area (Å²) in [6.07, 6.45) is 3.67. The Hall–Kier alpha value is -4.80. The van der Waals surface area contributed by atoms with Crippen LogP contribution in [0.25, 0.3) is 32.9 Å². The fourth-order valence-electron chi connectivity index (χ4n) is 7.43. The summed E-state index contributed by atoms with van der Waals surface area (Å²) in [6, 6.07) is 10.9. The van der Waals surface area contributed by atoms with Crippen LogP contribution in [-0.2, 0) is 27.1 Å². The number of amides is 1. The molecule has 0 atom stereocenters. The number of carbonyl (C=O) groups is 2. The molecule has 4 heterocycles. The van der Waals surface area contributed by atoms with Gasteiger partial charge in [0.05, 0.1) is 39.6 Å². The fraction of sp³-hybridized carbons (Fsp3) is 0.316. The second-order valence-corrected chi connectivity index (χ2v) is 13.9. The second-order valence-electron chi connectivity index (χ2n) is 13.1. The van der Waals surface area contributed by atoms with Crippen LogP contribution in [-0.4, -0.2) is 54.3 Å². The first kappa shape index (κ1) is 33.7. The van der Waals surface area contributed by atoms with Crippen molar-refractivity contribution in [3.63, 3.8) is 0 Å². The van der Waals surface area contributed by atoms with E-state index >= 15 is 4.79 Å². The number of benzene rings is 3. The Balaban J connectivity index is 1.38. The number of hydrogen-bond donors (Lipinski definition) is 1. The lowest BCUT2D eigenvalue weighted by atomic mass is 9.98. The summed E-state index contributed by atoms with van der Waals surface area (Å²) in [4.78, 5) is 28.9. The minimum atomic E-state index is -1.08. The molecule has 0 radical (unpaired) electrons. The lowest BCUT2D eigenvalue weighted by molar-refractivity contribution is 0.0696. The molecule has 1 amide bonds. The third-order valence-electron chi connectivity index (χ3n) is 9.75. The summed E-state index contributed by atoms with van der Waals surface area (Å²) < 4.78 is 11.8. The van der Waals surface area contributed by atoms with Crippen LogP contribution in [0.2, 0.25) is 10.0 Å². The van der Waals surface area contributed by atoms with Crippen LogP contribution in [0.3, 0.4) is 0 Å². The molecular weight excluding hydrogens is 675 g/mol. The third-order valence-corrected chi connectivity index (χ3v) is 10.7. The van der Waals surface area contributed by atoms with E-state index in [1.807, 2.05) is 69.9 Å². The van der Waals surface area contributed by atoms with Gasteiger partial charge in [-0.15, -0.1) is 0 Å². The molecule has 0 unspecified atom stereocenters. The van der Waals surface area contributed by atoms with Gasteiger partial charge in [0.25, 0.3) is 5.91 Å². The summed E-state index contributed by atoms with van der Waals surface area (Å²) >= 11 is 13.4. The highest BCUT2D eigenvalue weighted by Gasteiger charge is 2.33. The number of aryl methyl sites for hydroxylation is 7. The van der Waals surface area contributed by atoms with Crippen LogP contribution < -0.4 is 9.64 Å². The van der Waals surface area contributed by atoms with Crippen molar-refractivity contribution in [1.82, 2.24) is 24.1 Å². The highest BCUT2D eigenvalue weighted by atomic mass is 35.5. The van der Waals surface area contributed by atoms with E-state index in [1.165, 1.54) is 0 Å². The summed E-state index contributed by atoms with van der Waals surface area (Å²) in [5, 5.41) is 22.1. The molecule has 7 rings (SSSR count). The first-order chi connectivity index (χ1) is 23.8. The van der Waals surface area contributed by atoms with Gasteiger partial charge in [0.1, 0.15) is 11.4 Å². The minimum Gasteiger partial charge on any atom is -0.494 e. The van der Waals surface area contributed by atoms with E-state index in [9.17, 15) is 9.90 Å². The molecule has 0 aliphatic carbocycles. The Morgan fingerprint density at radius 3 is 2.38 bits per heavy atom. The number of rotatable bonds is 8. The molecule has 50 heavy (non-hydrogen) atoms. The van der Waals surface area contributed by atoms with Crippen LogP contribution in [0.5, 0.6) is 5.75 Å². The Kier molecular flexibility index (Phi) is 8.64. The maximum Gasteiger partial charge on any atom is 0.335 e. The molecule has 0 fully saturated rings. The van der Waals surface area contributed by atoms with Crippen molar-refractivity contribution in [1.29, 1.82) is 0 Å². The molecule has 1 aliphatic rings. The Bertz CT molecular complexity index is 2350. The van der Waals surface area contributed by atoms with Gasteiger partial charge in [-0.05, 0) is 94.0 Å². The topological polar surface area (TPSA) is 107 Å². The van der Waals surface area contributed by atoms with E-state index in [1.54, 1.807) is 28.8 Å². The highest BCUT2D eigenvalue weighted by Crippen LogP contribution is 2.43. The van der Waals surface area contributed by atoms with Gasteiger partial charge in [-0.3, -0.25) is 14.2 Å². The number of carboxylic acid groups (broad SMARTS) is 1. The SMILES string of the molecule is Cc1cc(OCCCc2c3n(c4c(-c5c(C)nn(C)c5C)c(Cl)ccc24)CCCN(c2cc(C(=O)O)cc4nn(C)cc24)C3=O)cc(C)c1Cl. The van der Waals surface area contributed by atoms with E-state index < -0.39 is 5.97 Å². The Morgan fingerprint density at radius 2 is 1.70 bits per heavy atom. The van der Waals surface area contributed by atoms with Gasteiger partial charge in [0.15, 0.2) is 0 Å². The predicted molar refractivity (Wildman–Crippen MR) is 197 cm³/mol. The zero-order valence-corrected chi connectivity index (χ0v) is 30.4. The van der Waals surface area contributed by atoms with Crippen molar-refractivity contribution in [2.24, 2.45) is 14.1 Å². The summed E-state index contributed by atoms with van der Waals surface area (Å²) in [7, 11) is 3.70.